The predicted octanol–water partition coefficient (Wildman–Crippen LogP) is 3.47. The summed E-state index contributed by atoms with van der Waals surface area (Å²) in [6.07, 6.45) is 0.608. The van der Waals surface area contributed by atoms with Crippen LogP contribution in [0, 0.1) is 0 Å². The number of hydrogen-bond donors (Lipinski definition) is 3. The normalized spacial score (nSPS) is 10.4. The Hall–Kier alpha value is -3.45. The van der Waals surface area contributed by atoms with Crippen LogP contribution in [0.1, 0.15) is 16.8 Å². The number of rotatable bonds is 8. The molecule has 0 saturated carbocycles. The fraction of sp³-hybridized carbons (Fsp3) is 0.190. The molecule has 0 unspecified atom stereocenters. The van der Waals surface area contributed by atoms with E-state index in [0.29, 0.717) is 30.3 Å². The Morgan fingerprint density at radius 1 is 1.07 bits per heavy atom. The summed E-state index contributed by atoms with van der Waals surface area (Å²) in [7, 11) is 1.35. The molecular formula is C21H22N4O3. The van der Waals surface area contributed by atoms with Crippen molar-refractivity contribution in [1.29, 1.82) is 0 Å². The Morgan fingerprint density at radius 3 is 2.50 bits per heavy atom. The summed E-state index contributed by atoms with van der Waals surface area (Å²) in [4.78, 5) is 20.6. The standard InChI is InChI=1S/C21H22N4O3/c1-28-20(27)16-8-10-17(11-9-16)23-19-14-18(15-6-3-2-4-7-15)24-21(25-19)22-12-5-13-26/h2-4,6-11,14,26H,5,12-13H2,1H3,(H2,22,23,24,25). The summed E-state index contributed by atoms with van der Waals surface area (Å²) in [5.41, 5.74) is 3.01. The Bertz CT molecular complexity index is 915. The van der Waals surface area contributed by atoms with Crippen LogP contribution in [0.15, 0.2) is 60.7 Å². The van der Waals surface area contributed by atoms with Gasteiger partial charge in [-0.25, -0.2) is 9.78 Å². The van der Waals surface area contributed by atoms with Gasteiger partial charge in [0.25, 0.3) is 0 Å². The first-order valence-electron chi connectivity index (χ1n) is 8.94. The zero-order chi connectivity index (χ0) is 19.8. The summed E-state index contributed by atoms with van der Waals surface area (Å²) in [5.74, 6) is 0.713. The van der Waals surface area contributed by atoms with E-state index >= 15 is 0 Å². The van der Waals surface area contributed by atoms with Crippen LogP contribution in [0.2, 0.25) is 0 Å². The predicted molar refractivity (Wildman–Crippen MR) is 109 cm³/mol. The second-order valence-corrected chi connectivity index (χ2v) is 6.03. The van der Waals surface area contributed by atoms with Gasteiger partial charge in [-0.05, 0) is 30.7 Å². The first-order chi connectivity index (χ1) is 13.7. The molecule has 7 heteroatoms. The molecule has 0 spiro atoms. The summed E-state index contributed by atoms with van der Waals surface area (Å²) in [6.45, 7) is 0.672. The van der Waals surface area contributed by atoms with Gasteiger partial charge in [-0.1, -0.05) is 30.3 Å². The minimum atomic E-state index is -0.379. The highest BCUT2D eigenvalue weighted by Gasteiger charge is 2.08. The lowest BCUT2D eigenvalue weighted by atomic mass is 10.1. The van der Waals surface area contributed by atoms with Gasteiger partial charge in [0.1, 0.15) is 5.82 Å². The molecule has 0 aliphatic rings. The minimum absolute atomic E-state index is 0.100. The van der Waals surface area contributed by atoms with E-state index in [1.165, 1.54) is 7.11 Å². The van der Waals surface area contributed by atoms with Crippen molar-refractivity contribution >= 4 is 23.4 Å². The van der Waals surface area contributed by atoms with E-state index in [2.05, 4.69) is 20.6 Å². The second-order valence-electron chi connectivity index (χ2n) is 6.03. The van der Waals surface area contributed by atoms with Crippen molar-refractivity contribution in [2.75, 3.05) is 30.9 Å². The third-order valence-corrected chi connectivity index (χ3v) is 3.99. The Kier molecular flexibility index (Phi) is 6.54. The van der Waals surface area contributed by atoms with Crippen LogP contribution in [0.3, 0.4) is 0 Å². The van der Waals surface area contributed by atoms with E-state index in [4.69, 9.17) is 9.84 Å². The van der Waals surface area contributed by atoms with Gasteiger partial charge < -0.3 is 20.5 Å². The average Bonchev–Trinajstić information content (AvgIpc) is 2.74. The number of aromatic nitrogens is 2. The minimum Gasteiger partial charge on any atom is -0.465 e. The van der Waals surface area contributed by atoms with Crippen molar-refractivity contribution in [2.45, 2.75) is 6.42 Å². The van der Waals surface area contributed by atoms with E-state index < -0.39 is 0 Å². The monoisotopic (exact) mass is 378 g/mol. The fourth-order valence-corrected chi connectivity index (χ4v) is 2.58. The number of carbonyl (C=O) groups excluding carboxylic acids is 1. The van der Waals surface area contributed by atoms with Crippen molar-refractivity contribution in [3.63, 3.8) is 0 Å². The lowest BCUT2D eigenvalue weighted by molar-refractivity contribution is 0.0601. The molecule has 0 saturated heterocycles. The molecule has 1 aromatic heterocycles. The molecule has 7 nitrogen and oxygen atoms in total. The van der Waals surface area contributed by atoms with Gasteiger partial charge in [0.05, 0.1) is 18.4 Å². The number of benzene rings is 2. The summed E-state index contributed by atoms with van der Waals surface area (Å²) in [6, 6.07) is 18.6. The third kappa shape index (κ3) is 5.05. The maximum absolute atomic E-state index is 11.6. The SMILES string of the molecule is COC(=O)c1ccc(Nc2cc(-c3ccccc3)nc(NCCCO)n2)cc1. The van der Waals surface area contributed by atoms with Crippen molar-refractivity contribution in [3.05, 3.63) is 66.2 Å². The van der Waals surface area contributed by atoms with Crippen molar-refractivity contribution < 1.29 is 14.6 Å². The molecule has 0 radical (unpaired) electrons. The molecule has 28 heavy (non-hydrogen) atoms. The highest BCUT2D eigenvalue weighted by atomic mass is 16.5. The molecule has 0 amide bonds. The number of nitrogens with one attached hydrogen (secondary N) is 2. The molecule has 0 bridgehead atoms. The molecular weight excluding hydrogens is 356 g/mol. The fourth-order valence-electron chi connectivity index (χ4n) is 2.58. The number of anilines is 3. The van der Waals surface area contributed by atoms with E-state index in [9.17, 15) is 4.79 Å². The van der Waals surface area contributed by atoms with Gasteiger partial charge in [0.15, 0.2) is 0 Å². The van der Waals surface area contributed by atoms with Crippen LogP contribution in [0.5, 0.6) is 0 Å². The van der Waals surface area contributed by atoms with Crippen molar-refractivity contribution in [2.24, 2.45) is 0 Å². The Balaban J connectivity index is 1.86. The van der Waals surface area contributed by atoms with Crippen LogP contribution in [0.25, 0.3) is 11.3 Å². The lowest BCUT2D eigenvalue weighted by Gasteiger charge is -2.11. The first-order valence-corrected chi connectivity index (χ1v) is 8.94. The molecule has 1 heterocycles. The summed E-state index contributed by atoms with van der Waals surface area (Å²) in [5, 5.41) is 15.3. The van der Waals surface area contributed by atoms with Crippen LogP contribution in [0.4, 0.5) is 17.5 Å². The maximum Gasteiger partial charge on any atom is 0.337 e. The molecule has 0 fully saturated rings. The molecule has 0 aliphatic heterocycles. The van der Waals surface area contributed by atoms with Crippen LogP contribution >= 0.6 is 0 Å². The number of carbonyl (C=O) groups is 1. The average molecular weight is 378 g/mol. The number of esters is 1. The summed E-state index contributed by atoms with van der Waals surface area (Å²) < 4.78 is 4.72. The number of aliphatic hydroxyl groups is 1. The number of nitrogens with zero attached hydrogens (tertiary/aromatic N) is 2. The number of methoxy groups -OCH3 is 1. The van der Waals surface area contributed by atoms with Gasteiger partial charge in [-0.15, -0.1) is 0 Å². The zero-order valence-corrected chi connectivity index (χ0v) is 15.6. The number of hydrogen-bond acceptors (Lipinski definition) is 7. The van der Waals surface area contributed by atoms with E-state index in [1.54, 1.807) is 24.3 Å². The summed E-state index contributed by atoms with van der Waals surface area (Å²) >= 11 is 0. The van der Waals surface area contributed by atoms with Crippen LogP contribution in [-0.4, -0.2) is 41.3 Å². The van der Waals surface area contributed by atoms with Gasteiger partial charge in [-0.2, -0.15) is 4.98 Å². The van der Waals surface area contributed by atoms with Crippen LogP contribution in [-0.2, 0) is 4.74 Å². The van der Waals surface area contributed by atoms with Gasteiger partial charge >= 0.3 is 5.97 Å². The van der Waals surface area contributed by atoms with E-state index in [0.717, 1.165) is 16.9 Å². The lowest BCUT2D eigenvalue weighted by Crippen LogP contribution is -2.08. The Labute approximate surface area is 163 Å². The van der Waals surface area contributed by atoms with Crippen LogP contribution < -0.4 is 10.6 Å². The molecule has 144 valence electrons. The van der Waals surface area contributed by atoms with E-state index in [-0.39, 0.29) is 12.6 Å². The smallest absolute Gasteiger partial charge is 0.337 e. The second kappa shape index (κ2) is 9.48. The van der Waals surface area contributed by atoms with Crippen molar-refractivity contribution in [1.82, 2.24) is 9.97 Å². The Morgan fingerprint density at radius 2 is 1.82 bits per heavy atom. The molecule has 3 N–H and O–H groups in total. The molecule has 0 aliphatic carbocycles. The number of aliphatic hydroxyl groups excluding tert-OH is 1. The third-order valence-electron chi connectivity index (χ3n) is 3.99. The van der Waals surface area contributed by atoms with Gasteiger partial charge in [0, 0.05) is 30.5 Å². The quantitative estimate of drug-likeness (QED) is 0.408. The van der Waals surface area contributed by atoms with E-state index in [1.807, 2.05) is 36.4 Å². The highest BCUT2D eigenvalue weighted by molar-refractivity contribution is 5.89. The molecule has 0 atom stereocenters. The number of ether oxygens (including phenoxy) is 1. The van der Waals surface area contributed by atoms with Gasteiger partial charge in [-0.3, -0.25) is 0 Å². The molecule has 3 rings (SSSR count). The van der Waals surface area contributed by atoms with Crippen molar-refractivity contribution in [3.8, 4) is 11.3 Å². The zero-order valence-electron chi connectivity index (χ0n) is 15.6. The first kappa shape index (κ1) is 19.3. The topological polar surface area (TPSA) is 96.4 Å². The molecule has 2 aromatic carbocycles. The maximum atomic E-state index is 11.6. The van der Waals surface area contributed by atoms with Gasteiger partial charge in [0.2, 0.25) is 5.95 Å². The highest BCUT2D eigenvalue weighted by Crippen LogP contribution is 2.24. The largest absolute Gasteiger partial charge is 0.465 e. The molecule has 3 aromatic rings.